The lowest BCUT2D eigenvalue weighted by atomic mass is 9.83. The van der Waals surface area contributed by atoms with Gasteiger partial charge in [0.15, 0.2) is 0 Å². The molecule has 4 heteroatoms. The Morgan fingerprint density at radius 2 is 2.19 bits per heavy atom. The first kappa shape index (κ1) is 14.0. The largest absolute Gasteiger partial charge is 0.350 e. The molecule has 1 unspecified atom stereocenters. The molecule has 21 heavy (non-hydrogen) atoms. The minimum Gasteiger partial charge on any atom is -0.350 e. The van der Waals surface area contributed by atoms with Crippen molar-refractivity contribution in [1.29, 1.82) is 0 Å². The van der Waals surface area contributed by atoms with Crippen LogP contribution in [-0.2, 0) is 0 Å². The molecule has 1 aliphatic rings. The maximum absolute atomic E-state index is 12.3. The summed E-state index contributed by atoms with van der Waals surface area (Å²) in [7, 11) is 0. The predicted octanol–water partition coefficient (Wildman–Crippen LogP) is 2.35. The molecular formula is C17H21N3O. The topological polar surface area (TPSA) is 54.0 Å². The molecule has 1 amide bonds. The Morgan fingerprint density at radius 3 is 3.00 bits per heavy atom. The van der Waals surface area contributed by atoms with Crippen LogP contribution in [0, 0.1) is 5.41 Å². The van der Waals surface area contributed by atoms with E-state index in [9.17, 15) is 4.79 Å². The summed E-state index contributed by atoms with van der Waals surface area (Å²) < 4.78 is 0. The van der Waals surface area contributed by atoms with Crippen molar-refractivity contribution in [3.8, 4) is 0 Å². The zero-order chi connectivity index (χ0) is 14.7. The van der Waals surface area contributed by atoms with Crippen molar-refractivity contribution in [2.24, 2.45) is 5.41 Å². The van der Waals surface area contributed by atoms with E-state index >= 15 is 0 Å². The summed E-state index contributed by atoms with van der Waals surface area (Å²) in [5.74, 6) is -0.0902. The number of hydrogen-bond donors (Lipinski definition) is 2. The molecule has 0 saturated carbocycles. The summed E-state index contributed by atoms with van der Waals surface area (Å²) in [6.07, 6.45) is 2.31. The number of nitrogens with zero attached hydrogens (tertiary/aromatic N) is 1. The number of aromatic nitrogens is 1. The second-order valence-corrected chi connectivity index (χ2v) is 6.16. The summed E-state index contributed by atoms with van der Waals surface area (Å²) in [5.41, 5.74) is 1.49. The summed E-state index contributed by atoms with van der Waals surface area (Å²) in [6, 6.07) is 11.6. The third-order valence-corrected chi connectivity index (χ3v) is 4.19. The molecule has 1 atom stereocenters. The molecule has 0 spiro atoms. The summed E-state index contributed by atoms with van der Waals surface area (Å²) in [4.78, 5) is 16.7. The summed E-state index contributed by atoms with van der Waals surface area (Å²) in [5, 5.41) is 7.48. The Hall–Kier alpha value is -1.94. The van der Waals surface area contributed by atoms with Crippen LogP contribution in [0.15, 0.2) is 36.4 Å². The smallest absolute Gasteiger partial charge is 0.269 e. The lowest BCUT2D eigenvalue weighted by molar-refractivity contribution is 0.0920. The Morgan fingerprint density at radius 1 is 1.33 bits per heavy atom. The van der Waals surface area contributed by atoms with Crippen LogP contribution in [0.5, 0.6) is 0 Å². The van der Waals surface area contributed by atoms with E-state index in [1.165, 1.54) is 6.42 Å². The van der Waals surface area contributed by atoms with Crippen molar-refractivity contribution in [3.05, 3.63) is 42.1 Å². The number of benzene rings is 1. The fraction of sp³-hybridized carbons (Fsp3) is 0.412. The number of pyridine rings is 1. The van der Waals surface area contributed by atoms with Crippen LogP contribution in [0.3, 0.4) is 0 Å². The molecule has 2 N–H and O–H groups in total. The SMILES string of the molecule is CC1(CNC(=O)c2ccc3ccccc3n2)CCCNC1. The summed E-state index contributed by atoms with van der Waals surface area (Å²) >= 11 is 0. The van der Waals surface area contributed by atoms with Crippen molar-refractivity contribution in [1.82, 2.24) is 15.6 Å². The number of fused-ring (bicyclic) bond motifs is 1. The summed E-state index contributed by atoms with van der Waals surface area (Å²) in [6.45, 7) is 4.94. The van der Waals surface area contributed by atoms with Crippen LogP contribution in [0.4, 0.5) is 0 Å². The molecule has 0 radical (unpaired) electrons. The Balaban J connectivity index is 1.69. The van der Waals surface area contributed by atoms with Gasteiger partial charge >= 0.3 is 0 Å². The molecule has 3 rings (SSSR count). The van der Waals surface area contributed by atoms with Crippen molar-refractivity contribution < 1.29 is 4.79 Å². The third kappa shape index (κ3) is 3.22. The van der Waals surface area contributed by atoms with E-state index in [1.807, 2.05) is 30.3 Å². The molecule has 0 aliphatic carbocycles. The number of carbonyl (C=O) groups excluding carboxylic acids is 1. The maximum atomic E-state index is 12.3. The highest BCUT2D eigenvalue weighted by molar-refractivity contribution is 5.94. The standard InChI is InChI=1S/C17H21N3O/c1-17(9-4-10-18-11-17)12-19-16(21)15-8-7-13-5-2-3-6-14(13)20-15/h2-3,5-8,18H,4,9-12H2,1H3,(H,19,21). The predicted molar refractivity (Wildman–Crippen MR) is 84.3 cm³/mol. The fourth-order valence-corrected chi connectivity index (χ4v) is 2.85. The first-order valence-corrected chi connectivity index (χ1v) is 7.51. The first-order valence-electron chi connectivity index (χ1n) is 7.51. The van der Waals surface area contributed by atoms with E-state index in [1.54, 1.807) is 6.07 Å². The lowest BCUT2D eigenvalue weighted by Crippen LogP contribution is -2.45. The van der Waals surface area contributed by atoms with Gasteiger partial charge in [-0.1, -0.05) is 31.2 Å². The molecule has 1 aromatic heterocycles. The highest BCUT2D eigenvalue weighted by atomic mass is 16.1. The normalized spacial score (nSPS) is 22.1. The minimum absolute atomic E-state index is 0.0902. The number of nitrogens with one attached hydrogen (secondary N) is 2. The van der Waals surface area contributed by atoms with Gasteiger partial charge in [-0.05, 0) is 36.9 Å². The zero-order valence-corrected chi connectivity index (χ0v) is 12.4. The average Bonchev–Trinajstić information content (AvgIpc) is 2.53. The molecule has 4 nitrogen and oxygen atoms in total. The van der Waals surface area contributed by atoms with Gasteiger partial charge in [0.05, 0.1) is 5.52 Å². The molecular weight excluding hydrogens is 262 g/mol. The number of amides is 1. The van der Waals surface area contributed by atoms with Crippen LogP contribution in [-0.4, -0.2) is 30.5 Å². The van der Waals surface area contributed by atoms with Gasteiger partial charge in [-0.2, -0.15) is 0 Å². The monoisotopic (exact) mass is 283 g/mol. The Kier molecular flexibility index (Phi) is 3.88. The Bertz CT molecular complexity index is 647. The average molecular weight is 283 g/mol. The van der Waals surface area contributed by atoms with Gasteiger partial charge in [0.2, 0.25) is 0 Å². The van der Waals surface area contributed by atoms with E-state index in [-0.39, 0.29) is 11.3 Å². The fourth-order valence-electron chi connectivity index (χ4n) is 2.85. The van der Waals surface area contributed by atoms with Crippen molar-refractivity contribution in [2.75, 3.05) is 19.6 Å². The van der Waals surface area contributed by atoms with E-state index < -0.39 is 0 Å². The molecule has 1 aromatic carbocycles. The number of piperidine rings is 1. The second kappa shape index (κ2) is 5.82. The molecule has 2 aromatic rings. The quantitative estimate of drug-likeness (QED) is 0.909. The van der Waals surface area contributed by atoms with E-state index in [4.69, 9.17) is 0 Å². The van der Waals surface area contributed by atoms with Gasteiger partial charge in [-0.25, -0.2) is 4.98 Å². The van der Waals surface area contributed by atoms with Crippen LogP contribution >= 0.6 is 0 Å². The second-order valence-electron chi connectivity index (χ2n) is 6.16. The molecule has 1 aliphatic heterocycles. The first-order chi connectivity index (χ1) is 10.2. The lowest BCUT2D eigenvalue weighted by Gasteiger charge is -2.34. The molecule has 1 saturated heterocycles. The molecule has 1 fully saturated rings. The van der Waals surface area contributed by atoms with Gasteiger partial charge < -0.3 is 10.6 Å². The highest BCUT2D eigenvalue weighted by Crippen LogP contribution is 2.24. The van der Waals surface area contributed by atoms with Gasteiger partial charge in [-0.15, -0.1) is 0 Å². The van der Waals surface area contributed by atoms with Crippen molar-refractivity contribution in [2.45, 2.75) is 19.8 Å². The van der Waals surface area contributed by atoms with Gasteiger partial charge in [0.25, 0.3) is 5.91 Å². The van der Waals surface area contributed by atoms with E-state index in [0.29, 0.717) is 12.2 Å². The van der Waals surface area contributed by atoms with E-state index in [0.717, 1.165) is 30.4 Å². The zero-order valence-electron chi connectivity index (χ0n) is 12.4. The molecule has 110 valence electrons. The molecule has 0 bridgehead atoms. The van der Waals surface area contributed by atoms with Crippen LogP contribution < -0.4 is 10.6 Å². The maximum Gasteiger partial charge on any atom is 0.269 e. The molecule has 2 heterocycles. The van der Waals surface area contributed by atoms with Gasteiger partial charge in [0, 0.05) is 18.5 Å². The third-order valence-electron chi connectivity index (χ3n) is 4.19. The highest BCUT2D eigenvalue weighted by Gasteiger charge is 2.27. The minimum atomic E-state index is -0.0902. The van der Waals surface area contributed by atoms with Crippen molar-refractivity contribution in [3.63, 3.8) is 0 Å². The van der Waals surface area contributed by atoms with Gasteiger partial charge in [0.1, 0.15) is 5.69 Å². The number of hydrogen-bond acceptors (Lipinski definition) is 3. The van der Waals surface area contributed by atoms with Crippen molar-refractivity contribution >= 4 is 16.8 Å². The van der Waals surface area contributed by atoms with E-state index in [2.05, 4.69) is 22.5 Å². The van der Waals surface area contributed by atoms with Gasteiger partial charge in [-0.3, -0.25) is 4.79 Å². The number of para-hydroxylation sites is 1. The van der Waals surface area contributed by atoms with Crippen LogP contribution in [0.25, 0.3) is 10.9 Å². The Labute approximate surface area is 125 Å². The number of rotatable bonds is 3. The number of carbonyl (C=O) groups is 1. The van der Waals surface area contributed by atoms with Crippen LogP contribution in [0.1, 0.15) is 30.3 Å². The van der Waals surface area contributed by atoms with Crippen LogP contribution in [0.2, 0.25) is 0 Å².